The highest BCUT2D eigenvalue weighted by Gasteiger charge is 2.26. The molecule has 0 radical (unpaired) electrons. The number of amides is 1. The molecule has 0 atom stereocenters. The molecule has 0 saturated heterocycles. The molecule has 4 aromatic rings. The van der Waals surface area contributed by atoms with Crippen molar-refractivity contribution >= 4 is 28.7 Å². The van der Waals surface area contributed by atoms with Crippen molar-refractivity contribution in [3.8, 4) is 0 Å². The Morgan fingerprint density at radius 1 is 1.19 bits per heavy atom. The van der Waals surface area contributed by atoms with Crippen LogP contribution in [-0.4, -0.2) is 37.7 Å². The van der Waals surface area contributed by atoms with E-state index in [2.05, 4.69) is 25.9 Å². The summed E-state index contributed by atoms with van der Waals surface area (Å²) in [6.07, 6.45) is 3.77. The number of fused-ring (bicyclic) bond motifs is 2. The Labute approximate surface area is 147 Å². The first-order chi connectivity index (χ1) is 12.8. The van der Waals surface area contributed by atoms with Crippen molar-refractivity contribution in [1.82, 2.24) is 25.3 Å². The number of aromatic nitrogens is 5. The zero-order valence-electron chi connectivity index (χ0n) is 13.5. The van der Waals surface area contributed by atoms with Crippen LogP contribution in [0.2, 0.25) is 0 Å². The Morgan fingerprint density at radius 3 is 3.04 bits per heavy atom. The van der Waals surface area contributed by atoms with Crippen molar-refractivity contribution in [2.75, 3.05) is 16.8 Å². The predicted molar refractivity (Wildman–Crippen MR) is 92.4 cm³/mol. The summed E-state index contributed by atoms with van der Waals surface area (Å²) < 4.78 is 6.38. The van der Waals surface area contributed by atoms with Gasteiger partial charge in [-0.15, -0.1) is 14.8 Å². The van der Waals surface area contributed by atoms with Gasteiger partial charge in [-0.05, 0) is 58.8 Å². The van der Waals surface area contributed by atoms with E-state index < -0.39 is 0 Å². The molecule has 0 aliphatic carbocycles. The van der Waals surface area contributed by atoms with E-state index in [1.54, 1.807) is 17.0 Å². The molecule has 4 heterocycles. The Morgan fingerprint density at radius 2 is 2.15 bits per heavy atom. The fraction of sp³-hybridized carbons (Fsp3) is 0.118. The molecule has 128 valence electrons. The largest absolute Gasteiger partial charge is 0.472 e. The highest BCUT2D eigenvalue weighted by Crippen LogP contribution is 2.32. The average Bonchev–Trinajstić information content (AvgIpc) is 3.40. The quantitative estimate of drug-likeness (QED) is 0.605. The lowest BCUT2D eigenvalue weighted by atomic mass is 10.1. The molecular formula is C17H13N7O2. The second-order valence-electron chi connectivity index (χ2n) is 5.93. The van der Waals surface area contributed by atoms with Crippen molar-refractivity contribution < 1.29 is 9.21 Å². The van der Waals surface area contributed by atoms with Gasteiger partial charge in [-0.2, -0.15) is 0 Å². The highest BCUT2D eigenvalue weighted by atomic mass is 16.3. The van der Waals surface area contributed by atoms with Crippen LogP contribution in [0.1, 0.15) is 15.9 Å². The van der Waals surface area contributed by atoms with E-state index in [1.807, 2.05) is 24.3 Å². The van der Waals surface area contributed by atoms with Gasteiger partial charge in [-0.25, -0.2) is 0 Å². The van der Waals surface area contributed by atoms with Gasteiger partial charge in [-0.3, -0.25) is 4.79 Å². The van der Waals surface area contributed by atoms with Crippen LogP contribution in [0.25, 0.3) is 5.65 Å². The van der Waals surface area contributed by atoms with Crippen molar-refractivity contribution in [2.45, 2.75) is 6.42 Å². The van der Waals surface area contributed by atoms with Gasteiger partial charge in [0.15, 0.2) is 11.5 Å². The number of rotatable bonds is 3. The maximum Gasteiger partial charge on any atom is 0.261 e. The maximum atomic E-state index is 12.6. The maximum absolute atomic E-state index is 12.6. The van der Waals surface area contributed by atoms with E-state index >= 15 is 0 Å². The summed E-state index contributed by atoms with van der Waals surface area (Å²) in [6.45, 7) is 0.650. The third kappa shape index (κ3) is 2.37. The summed E-state index contributed by atoms with van der Waals surface area (Å²) in [7, 11) is 0. The minimum atomic E-state index is -0.0518. The number of nitrogens with one attached hydrogen (secondary N) is 1. The number of carbonyl (C=O) groups excluding carboxylic acids is 1. The normalized spacial score (nSPS) is 13.2. The molecule has 9 heteroatoms. The van der Waals surface area contributed by atoms with Crippen LogP contribution in [0.3, 0.4) is 0 Å². The molecule has 3 aromatic heterocycles. The van der Waals surface area contributed by atoms with E-state index in [-0.39, 0.29) is 5.91 Å². The van der Waals surface area contributed by atoms with Gasteiger partial charge in [-0.1, -0.05) is 0 Å². The zero-order chi connectivity index (χ0) is 17.5. The van der Waals surface area contributed by atoms with Gasteiger partial charge in [0.25, 0.3) is 5.91 Å². The third-order valence-corrected chi connectivity index (χ3v) is 4.33. The fourth-order valence-electron chi connectivity index (χ4n) is 3.10. The monoisotopic (exact) mass is 347 g/mol. The fourth-order valence-corrected chi connectivity index (χ4v) is 3.10. The van der Waals surface area contributed by atoms with Crippen LogP contribution in [0.5, 0.6) is 0 Å². The molecule has 1 aromatic carbocycles. The average molecular weight is 347 g/mol. The predicted octanol–water partition coefficient (Wildman–Crippen LogP) is 2.06. The molecule has 0 spiro atoms. The van der Waals surface area contributed by atoms with Crippen molar-refractivity contribution in [3.63, 3.8) is 0 Å². The minimum absolute atomic E-state index is 0.0518. The summed E-state index contributed by atoms with van der Waals surface area (Å²) in [5.74, 6) is 0.582. The van der Waals surface area contributed by atoms with Crippen LogP contribution < -0.4 is 10.2 Å². The molecule has 1 amide bonds. The minimum Gasteiger partial charge on any atom is -0.472 e. The van der Waals surface area contributed by atoms with Crippen molar-refractivity contribution in [1.29, 1.82) is 0 Å². The number of hydrogen-bond donors (Lipinski definition) is 1. The number of anilines is 3. The lowest BCUT2D eigenvalue weighted by molar-refractivity contribution is 0.0989. The van der Waals surface area contributed by atoms with Crippen LogP contribution in [0, 0.1) is 0 Å². The van der Waals surface area contributed by atoms with Gasteiger partial charge in [0.1, 0.15) is 6.26 Å². The van der Waals surface area contributed by atoms with Gasteiger partial charge >= 0.3 is 0 Å². The van der Waals surface area contributed by atoms with Crippen LogP contribution in [0.15, 0.2) is 53.3 Å². The van der Waals surface area contributed by atoms with Crippen molar-refractivity contribution in [2.24, 2.45) is 0 Å². The zero-order valence-corrected chi connectivity index (χ0v) is 13.5. The summed E-state index contributed by atoms with van der Waals surface area (Å²) in [5, 5.41) is 18.7. The van der Waals surface area contributed by atoms with E-state index in [4.69, 9.17) is 4.42 Å². The molecular weight excluding hydrogens is 334 g/mol. The number of carbonyl (C=O) groups is 1. The van der Waals surface area contributed by atoms with Crippen LogP contribution in [-0.2, 0) is 6.42 Å². The second-order valence-corrected chi connectivity index (χ2v) is 5.93. The summed E-state index contributed by atoms with van der Waals surface area (Å²) in [6, 6.07) is 11.2. The standard InChI is InChI=1S/C17H13N7O2/c25-17(12-6-8-26-10-12)23-7-5-11-9-13(1-2-14(11)23)18-15-3-4-16-19-21-22-24(16)20-15/h1-4,6,8-10H,5,7H2,(H,18,20). The first kappa shape index (κ1) is 14.6. The van der Waals surface area contributed by atoms with E-state index in [9.17, 15) is 4.79 Å². The van der Waals surface area contributed by atoms with Gasteiger partial charge in [0, 0.05) is 17.9 Å². The highest BCUT2D eigenvalue weighted by molar-refractivity contribution is 6.07. The van der Waals surface area contributed by atoms with Gasteiger partial charge < -0.3 is 14.6 Å². The Kier molecular flexibility index (Phi) is 3.17. The summed E-state index contributed by atoms with van der Waals surface area (Å²) >= 11 is 0. The molecule has 9 nitrogen and oxygen atoms in total. The lowest BCUT2D eigenvalue weighted by Crippen LogP contribution is -2.28. The van der Waals surface area contributed by atoms with Crippen molar-refractivity contribution in [3.05, 3.63) is 60.1 Å². The smallest absolute Gasteiger partial charge is 0.261 e. The summed E-state index contributed by atoms with van der Waals surface area (Å²) in [4.78, 5) is 14.3. The summed E-state index contributed by atoms with van der Waals surface area (Å²) in [5.41, 5.74) is 4.05. The van der Waals surface area contributed by atoms with E-state index in [1.165, 1.54) is 17.2 Å². The molecule has 0 saturated carbocycles. The lowest BCUT2D eigenvalue weighted by Gasteiger charge is -2.16. The van der Waals surface area contributed by atoms with E-state index in [0.29, 0.717) is 23.6 Å². The van der Waals surface area contributed by atoms with Crippen LogP contribution in [0.4, 0.5) is 17.2 Å². The molecule has 0 unspecified atom stereocenters. The molecule has 26 heavy (non-hydrogen) atoms. The Hall–Kier alpha value is -3.75. The molecule has 1 aliphatic rings. The Bertz CT molecular complexity index is 1100. The SMILES string of the molecule is O=C(c1ccoc1)N1CCc2cc(Nc3ccc4nnnn4n3)ccc21. The van der Waals surface area contributed by atoms with E-state index in [0.717, 1.165) is 23.4 Å². The number of hydrogen-bond acceptors (Lipinski definition) is 7. The number of nitrogens with zero attached hydrogens (tertiary/aromatic N) is 6. The number of tetrazole rings is 1. The Balaban J connectivity index is 1.40. The molecule has 1 N–H and O–H groups in total. The topological polar surface area (TPSA) is 101 Å². The third-order valence-electron chi connectivity index (χ3n) is 4.33. The second kappa shape index (κ2) is 5.66. The first-order valence-electron chi connectivity index (χ1n) is 8.07. The van der Waals surface area contributed by atoms with Gasteiger partial charge in [0.2, 0.25) is 0 Å². The van der Waals surface area contributed by atoms with Crippen LogP contribution >= 0.6 is 0 Å². The molecule has 5 rings (SSSR count). The van der Waals surface area contributed by atoms with Gasteiger partial charge in [0.05, 0.1) is 11.8 Å². The molecule has 0 fully saturated rings. The first-order valence-corrected chi connectivity index (χ1v) is 8.07. The molecule has 1 aliphatic heterocycles. The number of furan rings is 1. The number of benzene rings is 1. The molecule has 0 bridgehead atoms.